The van der Waals surface area contributed by atoms with Crippen LogP contribution in [0.1, 0.15) is 34.6 Å². The second-order valence-corrected chi connectivity index (χ2v) is 7.35. The summed E-state index contributed by atoms with van der Waals surface area (Å²) in [5.74, 6) is 1.02. The molecule has 0 saturated carbocycles. The van der Waals surface area contributed by atoms with E-state index in [-0.39, 0.29) is 5.91 Å². The molecule has 152 valence electrons. The zero-order valence-corrected chi connectivity index (χ0v) is 17.0. The van der Waals surface area contributed by atoms with Crippen LogP contribution in [-0.4, -0.2) is 27.0 Å². The Kier molecular flexibility index (Phi) is 6.50. The van der Waals surface area contributed by atoms with Gasteiger partial charge < -0.3 is 9.88 Å². The van der Waals surface area contributed by atoms with Crippen LogP contribution in [0.25, 0.3) is 11.0 Å². The highest BCUT2D eigenvalue weighted by Gasteiger charge is 2.11. The molecule has 4 rings (SSSR count). The summed E-state index contributed by atoms with van der Waals surface area (Å²) in [6, 6.07) is 22.3. The molecule has 0 fully saturated rings. The largest absolute Gasteiger partial charge is 0.352 e. The zero-order valence-electron chi connectivity index (χ0n) is 17.0. The lowest BCUT2D eigenvalue weighted by atomic mass is 10.1. The minimum absolute atomic E-state index is 0.0613. The number of rotatable bonds is 9. The number of hydrogen-bond donors (Lipinski definition) is 1. The quantitative estimate of drug-likeness (QED) is 0.425. The van der Waals surface area contributed by atoms with E-state index in [1.807, 2.05) is 6.07 Å². The van der Waals surface area contributed by atoms with Crippen molar-refractivity contribution in [3.63, 3.8) is 0 Å². The van der Waals surface area contributed by atoms with Gasteiger partial charge in [0.2, 0.25) is 0 Å². The van der Waals surface area contributed by atoms with Crippen LogP contribution in [0.3, 0.4) is 0 Å². The van der Waals surface area contributed by atoms with Gasteiger partial charge >= 0.3 is 0 Å². The number of fused-ring (bicyclic) bond motifs is 1. The Morgan fingerprint density at radius 3 is 2.47 bits per heavy atom. The van der Waals surface area contributed by atoms with Crippen LogP contribution in [0, 0.1) is 0 Å². The summed E-state index contributed by atoms with van der Waals surface area (Å²) in [7, 11) is 0. The lowest BCUT2D eigenvalue weighted by molar-refractivity contribution is 0.0953. The minimum Gasteiger partial charge on any atom is -0.352 e. The first-order chi connectivity index (χ1) is 14.8. The average Bonchev–Trinajstić information content (AvgIpc) is 3.15. The van der Waals surface area contributed by atoms with Crippen LogP contribution in [0.2, 0.25) is 0 Å². The lowest BCUT2D eigenvalue weighted by Gasteiger charge is -2.10. The number of carbonyl (C=O) groups excluding carboxylic acids is 1. The molecular formula is C25H26N4O. The average molecular weight is 399 g/mol. The number of para-hydroxylation sites is 2. The van der Waals surface area contributed by atoms with Crippen molar-refractivity contribution in [2.75, 3.05) is 6.54 Å². The predicted octanol–water partition coefficient (Wildman–Crippen LogP) is 4.43. The normalized spacial score (nSPS) is 10.9. The third-order valence-corrected chi connectivity index (χ3v) is 5.23. The first-order valence-electron chi connectivity index (χ1n) is 10.5. The predicted molar refractivity (Wildman–Crippen MR) is 119 cm³/mol. The lowest BCUT2D eigenvalue weighted by Crippen LogP contribution is -2.25. The van der Waals surface area contributed by atoms with Crippen molar-refractivity contribution in [2.45, 2.75) is 32.2 Å². The van der Waals surface area contributed by atoms with Gasteiger partial charge in [0.05, 0.1) is 11.0 Å². The molecule has 30 heavy (non-hydrogen) atoms. The number of benzene rings is 2. The Labute approximate surface area is 176 Å². The topological polar surface area (TPSA) is 59.8 Å². The van der Waals surface area contributed by atoms with Crippen molar-refractivity contribution in [1.29, 1.82) is 0 Å². The maximum atomic E-state index is 12.2. The summed E-state index contributed by atoms with van der Waals surface area (Å²) in [6.45, 7) is 1.56. The molecule has 0 saturated heterocycles. The molecule has 2 aromatic heterocycles. The molecule has 1 N–H and O–H groups in total. The van der Waals surface area contributed by atoms with Crippen LogP contribution in [0.5, 0.6) is 0 Å². The number of aromatic nitrogens is 3. The highest BCUT2D eigenvalue weighted by molar-refractivity contribution is 5.93. The first-order valence-corrected chi connectivity index (χ1v) is 10.5. The van der Waals surface area contributed by atoms with E-state index in [0.29, 0.717) is 12.1 Å². The SMILES string of the molecule is O=C(NCCCc1nc2ccccc2n1CCCc1ccccc1)c1ccncc1. The molecule has 0 bridgehead atoms. The van der Waals surface area contributed by atoms with Gasteiger partial charge in [-0.1, -0.05) is 42.5 Å². The molecular weight excluding hydrogens is 372 g/mol. The summed E-state index contributed by atoms with van der Waals surface area (Å²) in [5, 5.41) is 2.98. The van der Waals surface area contributed by atoms with Gasteiger partial charge in [-0.25, -0.2) is 4.98 Å². The molecule has 0 spiro atoms. The zero-order chi connectivity index (χ0) is 20.6. The van der Waals surface area contributed by atoms with E-state index in [0.717, 1.165) is 43.6 Å². The van der Waals surface area contributed by atoms with Crippen molar-refractivity contribution in [1.82, 2.24) is 19.9 Å². The van der Waals surface area contributed by atoms with E-state index in [2.05, 4.69) is 63.4 Å². The van der Waals surface area contributed by atoms with Crippen LogP contribution >= 0.6 is 0 Å². The summed E-state index contributed by atoms with van der Waals surface area (Å²) in [5.41, 5.74) is 4.22. The highest BCUT2D eigenvalue weighted by atomic mass is 16.1. The minimum atomic E-state index is -0.0613. The fourth-order valence-electron chi connectivity index (χ4n) is 3.71. The number of amides is 1. The number of nitrogens with one attached hydrogen (secondary N) is 1. The van der Waals surface area contributed by atoms with Gasteiger partial charge in [-0.3, -0.25) is 9.78 Å². The summed E-state index contributed by atoms with van der Waals surface area (Å²) in [4.78, 5) is 21.0. The maximum absolute atomic E-state index is 12.2. The Morgan fingerprint density at radius 1 is 0.867 bits per heavy atom. The number of carbonyl (C=O) groups is 1. The van der Waals surface area contributed by atoms with E-state index in [9.17, 15) is 4.79 Å². The molecule has 1 amide bonds. The fraction of sp³-hybridized carbons (Fsp3) is 0.240. The van der Waals surface area contributed by atoms with E-state index in [1.165, 1.54) is 11.1 Å². The second-order valence-electron chi connectivity index (χ2n) is 7.35. The van der Waals surface area contributed by atoms with Crippen molar-refractivity contribution in [3.05, 3.63) is 96.1 Å². The van der Waals surface area contributed by atoms with Crippen molar-refractivity contribution in [3.8, 4) is 0 Å². The first kappa shape index (κ1) is 19.8. The molecule has 2 aromatic carbocycles. The van der Waals surface area contributed by atoms with Gasteiger partial charge in [0.25, 0.3) is 5.91 Å². The molecule has 4 aromatic rings. The molecule has 0 radical (unpaired) electrons. The molecule has 0 unspecified atom stereocenters. The molecule has 0 atom stereocenters. The second kappa shape index (κ2) is 9.83. The molecule has 0 aliphatic carbocycles. The Balaban J connectivity index is 1.36. The monoisotopic (exact) mass is 398 g/mol. The molecule has 0 aliphatic rings. The van der Waals surface area contributed by atoms with Crippen molar-refractivity contribution < 1.29 is 4.79 Å². The summed E-state index contributed by atoms with van der Waals surface area (Å²) in [6.07, 6.45) is 7.06. The standard InChI is InChI=1S/C25H26N4O/c30-25(21-14-17-26-18-15-21)27-16-6-13-24-28-22-11-4-5-12-23(22)29(24)19-7-10-20-8-2-1-3-9-20/h1-5,8-9,11-12,14-15,17-18H,6-7,10,13,16,19H2,(H,27,30). The number of aryl methyl sites for hydroxylation is 3. The van der Waals surface area contributed by atoms with E-state index < -0.39 is 0 Å². The van der Waals surface area contributed by atoms with Gasteiger partial charge in [0.1, 0.15) is 5.82 Å². The van der Waals surface area contributed by atoms with Crippen LogP contribution in [-0.2, 0) is 19.4 Å². The van der Waals surface area contributed by atoms with Gasteiger partial charge in [0, 0.05) is 37.5 Å². The molecule has 0 aliphatic heterocycles. The maximum Gasteiger partial charge on any atom is 0.251 e. The summed E-state index contributed by atoms with van der Waals surface area (Å²) < 4.78 is 2.34. The van der Waals surface area contributed by atoms with E-state index in [4.69, 9.17) is 4.98 Å². The number of pyridine rings is 1. The third kappa shape index (κ3) is 4.92. The van der Waals surface area contributed by atoms with Crippen molar-refractivity contribution >= 4 is 16.9 Å². The summed E-state index contributed by atoms with van der Waals surface area (Å²) >= 11 is 0. The van der Waals surface area contributed by atoms with Gasteiger partial charge in [-0.05, 0) is 49.1 Å². The highest BCUT2D eigenvalue weighted by Crippen LogP contribution is 2.18. The number of hydrogen-bond acceptors (Lipinski definition) is 3. The van der Waals surface area contributed by atoms with Crippen LogP contribution in [0.4, 0.5) is 0 Å². The Hall–Kier alpha value is -3.47. The van der Waals surface area contributed by atoms with Crippen LogP contribution in [0.15, 0.2) is 79.1 Å². The van der Waals surface area contributed by atoms with Crippen LogP contribution < -0.4 is 5.32 Å². The fourth-order valence-corrected chi connectivity index (χ4v) is 3.71. The van der Waals surface area contributed by atoms with Crippen molar-refractivity contribution in [2.24, 2.45) is 0 Å². The third-order valence-electron chi connectivity index (χ3n) is 5.23. The number of imidazole rings is 1. The van der Waals surface area contributed by atoms with E-state index in [1.54, 1.807) is 24.5 Å². The van der Waals surface area contributed by atoms with Gasteiger partial charge in [0.15, 0.2) is 0 Å². The Bertz CT molecular complexity index is 1090. The molecule has 5 nitrogen and oxygen atoms in total. The Morgan fingerprint density at radius 2 is 1.63 bits per heavy atom. The molecule has 5 heteroatoms. The van der Waals surface area contributed by atoms with Gasteiger partial charge in [-0.15, -0.1) is 0 Å². The van der Waals surface area contributed by atoms with E-state index >= 15 is 0 Å². The smallest absolute Gasteiger partial charge is 0.251 e. The number of nitrogens with zero attached hydrogens (tertiary/aromatic N) is 3. The molecule has 2 heterocycles. The van der Waals surface area contributed by atoms with Gasteiger partial charge in [-0.2, -0.15) is 0 Å².